The molecule has 1 amide bonds. The minimum absolute atomic E-state index is 0.0174. The summed E-state index contributed by atoms with van der Waals surface area (Å²) in [5.74, 6) is -1.42. The molecule has 1 N–H and O–H groups in total. The maximum absolute atomic E-state index is 11.8. The van der Waals surface area contributed by atoms with Crippen molar-refractivity contribution in [2.75, 3.05) is 5.32 Å². The van der Waals surface area contributed by atoms with Crippen LogP contribution in [-0.4, -0.2) is 11.9 Å². The number of rotatable bonds is 9. The molecule has 0 aliphatic carbocycles. The molecule has 0 fully saturated rings. The van der Waals surface area contributed by atoms with Crippen molar-refractivity contribution in [3.8, 4) is 0 Å². The summed E-state index contributed by atoms with van der Waals surface area (Å²) in [6, 6.07) is 6.29. The molecule has 1 rings (SSSR count). The van der Waals surface area contributed by atoms with Crippen molar-refractivity contribution in [1.82, 2.24) is 0 Å². The number of para-hydroxylation sites is 1. The Morgan fingerprint density at radius 2 is 1.70 bits per heavy atom. The van der Waals surface area contributed by atoms with Gasteiger partial charge in [0, 0.05) is 17.7 Å². The molecule has 4 nitrogen and oxygen atoms in total. The second-order valence-electron chi connectivity index (χ2n) is 4.90. The maximum Gasteiger partial charge on any atom is 0.224 e. The molecule has 20 heavy (non-hydrogen) atoms. The second kappa shape index (κ2) is 9.13. The minimum Gasteiger partial charge on any atom is -0.545 e. The Morgan fingerprint density at radius 3 is 2.40 bits per heavy atom. The predicted octanol–water partition coefficient (Wildman–Crippen LogP) is 2.74. The Balaban J connectivity index is 2.34. The average molecular weight is 276 g/mol. The highest BCUT2D eigenvalue weighted by atomic mass is 16.4. The van der Waals surface area contributed by atoms with Crippen LogP contribution in [0.4, 0.5) is 5.69 Å². The van der Waals surface area contributed by atoms with Gasteiger partial charge in [0.05, 0.1) is 5.97 Å². The van der Waals surface area contributed by atoms with Gasteiger partial charge < -0.3 is 15.2 Å². The van der Waals surface area contributed by atoms with E-state index in [1.807, 2.05) is 0 Å². The summed E-state index contributed by atoms with van der Waals surface area (Å²) < 4.78 is 0. The fourth-order valence-electron chi connectivity index (χ4n) is 2.05. The summed E-state index contributed by atoms with van der Waals surface area (Å²) in [6.07, 6.45) is 7.11. The molecule has 0 aliphatic heterocycles. The monoisotopic (exact) mass is 276 g/mol. The Hall–Kier alpha value is -1.84. The number of aromatic carboxylic acids is 1. The van der Waals surface area contributed by atoms with Crippen LogP contribution in [0.2, 0.25) is 0 Å². The van der Waals surface area contributed by atoms with Crippen molar-refractivity contribution < 1.29 is 14.7 Å². The van der Waals surface area contributed by atoms with E-state index in [4.69, 9.17) is 0 Å². The number of hydrogen-bond acceptors (Lipinski definition) is 3. The van der Waals surface area contributed by atoms with Crippen LogP contribution in [0.5, 0.6) is 0 Å². The number of nitrogens with one attached hydrogen (secondary N) is 1. The summed E-state index contributed by atoms with van der Waals surface area (Å²) in [5.41, 5.74) is 0.326. The lowest BCUT2D eigenvalue weighted by Gasteiger charge is -2.11. The highest BCUT2D eigenvalue weighted by molar-refractivity contribution is 5.99. The summed E-state index contributed by atoms with van der Waals surface area (Å²) in [5, 5.41) is 13.5. The molecular weight excluding hydrogens is 254 g/mol. The molecule has 1 aromatic rings. The molecule has 0 radical (unpaired) electrons. The van der Waals surface area contributed by atoms with Gasteiger partial charge in [-0.05, 0) is 12.5 Å². The van der Waals surface area contributed by atoms with Gasteiger partial charge in [-0.3, -0.25) is 4.79 Å². The van der Waals surface area contributed by atoms with Crippen LogP contribution >= 0.6 is 0 Å². The molecule has 0 spiro atoms. The quantitative estimate of drug-likeness (QED) is 0.705. The van der Waals surface area contributed by atoms with Crippen LogP contribution in [0.25, 0.3) is 0 Å². The number of carboxylic acid groups (broad SMARTS) is 1. The van der Waals surface area contributed by atoms with Crippen LogP contribution < -0.4 is 10.4 Å². The van der Waals surface area contributed by atoms with Gasteiger partial charge in [0.25, 0.3) is 0 Å². The van der Waals surface area contributed by atoms with Crippen molar-refractivity contribution in [3.05, 3.63) is 29.8 Å². The Morgan fingerprint density at radius 1 is 1.05 bits per heavy atom. The molecule has 0 aromatic heterocycles. The number of anilines is 1. The van der Waals surface area contributed by atoms with Gasteiger partial charge in [-0.25, -0.2) is 0 Å². The first-order chi connectivity index (χ1) is 9.65. The zero-order valence-electron chi connectivity index (χ0n) is 12.0. The van der Waals surface area contributed by atoms with Crippen molar-refractivity contribution in [1.29, 1.82) is 0 Å². The zero-order chi connectivity index (χ0) is 14.8. The van der Waals surface area contributed by atoms with Gasteiger partial charge >= 0.3 is 0 Å². The minimum atomic E-state index is -1.28. The number of amides is 1. The van der Waals surface area contributed by atoms with Gasteiger partial charge in [-0.15, -0.1) is 0 Å². The van der Waals surface area contributed by atoms with E-state index in [2.05, 4.69) is 12.2 Å². The van der Waals surface area contributed by atoms with Gasteiger partial charge in [0.1, 0.15) is 0 Å². The summed E-state index contributed by atoms with van der Waals surface area (Å²) in [6.45, 7) is 2.17. The number of unbranched alkanes of at least 4 members (excludes halogenated alkanes) is 5. The summed E-state index contributed by atoms with van der Waals surface area (Å²) in [7, 11) is 0. The molecule has 1 aromatic carbocycles. The maximum atomic E-state index is 11.8. The van der Waals surface area contributed by atoms with Gasteiger partial charge in [0.15, 0.2) is 0 Å². The first kappa shape index (κ1) is 16.2. The van der Waals surface area contributed by atoms with Crippen LogP contribution in [0.3, 0.4) is 0 Å². The first-order valence-corrected chi connectivity index (χ1v) is 7.25. The average Bonchev–Trinajstić information content (AvgIpc) is 2.43. The third kappa shape index (κ3) is 5.87. The van der Waals surface area contributed by atoms with Crippen LogP contribution in [0.15, 0.2) is 24.3 Å². The molecule has 0 saturated carbocycles. The first-order valence-electron chi connectivity index (χ1n) is 7.25. The summed E-state index contributed by atoms with van der Waals surface area (Å²) in [4.78, 5) is 22.7. The summed E-state index contributed by atoms with van der Waals surface area (Å²) >= 11 is 0. The molecular formula is C16H22NO3-. The highest BCUT2D eigenvalue weighted by Gasteiger charge is 2.06. The lowest BCUT2D eigenvalue weighted by Crippen LogP contribution is -2.24. The van der Waals surface area contributed by atoms with E-state index < -0.39 is 5.97 Å². The van der Waals surface area contributed by atoms with E-state index in [0.717, 1.165) is 19.3 Å². The van der Waals surface area contributed by atoms with Gasteiger partial charge in [-0.2, -0.15) is 0 Å². The topological polar surface area (TPSA) is 69.2 Å². The number of carbonyl (C=O) groups excluding carboxylic acids is 2. The lowest BCUT2D eigenvalue weighted by molar-refractivity contribution is -0.254. The Labute approximate surface area is 120 Å². The molecule has 0 heterocycles. The fraction of sp³-hybridized carbons (Fsp3) is 0.500. The van der Waals surface area contributed by atoms with E-state index >= 15 is 0 Å². The number of benzene rings is 1. The van der Waals surface area contributed by atoms with Gasteiger partial charge in [0.2, 0.25) is 5.91 Å². The highest BCUT2D eigenvalue weighted by Crippen LogP contribution is 2.15. The molecule has 0 aliphatic rings. The van der Waals surface area contributed by atoms with Crippen molar-refractivity contribution in [2.24, 2.45) is 0 Å². The van der Waals surface area contributed by atoms with Crippen molar-refractivity contribution in [2.45, 2.75) is 51.9 Å². The largest absolute Gasteiger partial charge is 0.545 e. The molecule has 110 valence electrons. The van der Waals surface area contributed by atoms with E-state index in [1.165, 1.54) is 25.3 Å². The normalized spacial score (nSPS) is 10.2. The van der Waals surface area contributed by atoms with Crippen LogP contribution in [0.1, 0.15) is 62.2 Å². The van der Waals surface area contributed by atoms with Crippen molar-refractivity contribution >= 4 is 17.6 Å². The number of hydrogen-bond donors (Lipinski definition) is 1. The van der Waals surface area contributed by atoms with E-state index in [1.54, 1.807) is 18.2 Å². The molecule has 0 atom stereocenters. The molecule has 0 bridgehead atoms. The van der Waals surface area contributed by atoms with E-state index in [-0.39, 0.29) is 11.5 Å². The molecule has 0 unspecified atom stereocenters. The molecule has 4 heteroatoms. The number of carbonyl (C=O) groups is 2. The van der Waals surface area contributed by atoms with Crippen LogP contribution in [-0.2, 0) is 4.79 Å². The SMILES string of the molecule is CCCCCCCCC(=O)Nc1ccccc1C(=O)[O-]. The van der Waals surface area contributed by atoms with Crippen LogP contribution in [0, 0.1) is 0 Å². The smallest absolute Gasteiger partial charge is 0.224 e. The predicted molar refractivity (Wildman–Crippen MR) is 77.4 cm³/mol. The second-order valence-corrected chi connectivity index (χ2v) is 4.90. The fourth-order valence-corrected chi connectivity index (χ4v) is 2.05. The third-order valence-corrected chi connectivity index (χ3v) is 3.18. The third-order valence-electron chi connectivity index (χ3n) is 3.18. The Bertz CT molecular complexity index is 443. The lowest BCUT2D eigenvalue weighted by atomic mass is 10.1. The standard InChI is InChI=1S/C16H23NO3/c1-2-3-4-5-6-7-12-15(18)17-14-11-9-8-10-13(14)16(19)20/h8-11H,2-7,12H2,1H3,(H,17,18)(H,19,20)/p-1. The van der Waals surface area contributed by atoms with Crippen molar-refractivity contribution in [3.63, 3.8) is 0 Å². The van der Waals surface area contributed by atoms with Gasteiger partial charge in [-0.1, -0.05) is 57.2 Å². The Kier molecular flexibility index (Phi) is 7.40. The number of carboxylic acids is 1. The molecule has 0 saturated heterocycles. The van der Waals surface area contributed by atoms with E-state index in [9.17, 15) is 14.7 Å². The van der Waals surface area contributed by atoms with E-state index in [0.29, 0.717) is 12.1 Å². The zero-order valence-corrected chi connectivity index (χ0v) is 12.0.